The Labute approximate surface area is 273 Å². The molecular weight excluding hydrogens is 616 g/mol. The predicted octanol–water partition coefficient (Wildman–Crippen LogP) is 2.15. The Hall–Kier alpha value is -3.06. The van der Waals surface area contributed by atoms with Gasteiger partial charge in [-0.05, 0) is 80.8 Å². The van der Waals surface area contributed by atoms with Crippen LogP contribution in [0.15, 0.2) is 11.6 Å². The molecule has 0 bridgehead atoms. The predicted molar refractivity (Wildman–Crippen MR) is 167 cm³/mol. The van der Waals surface area contributed by atoms with Gasteiger partial charge in [0.1, 0.15) is 23.5 Å². The summed E-state index contributed by atoms with van der Waals surface area (Å²) in [6.45, 7) is 4.57. The smallest absolute Gasteiger partial charge is 0.326 e. The molecule has 2 amide bonds. The maximum atomic E-state index is 13.8. The molecular formula is C33H46N2O10S. The molecule has 0 aromatic rings. The first-order valence-electron chi connectivity index (χ1n) is 16.1. The molecule has 0 aromatic carbocycles. The first kappa shape index (κ1) is 35.8. The largest absolute Gasteiger partial charge is 0.480 e. The minimum Gasteiger partial charge on any atom is -0.480 e. The van der Waals surface area contributed by atoms with Crippen molar-refractivity contribution in [1.82, 2.24) is 10.6 Å². The molecule has 4 rings (SSSR count). The van der Waals surface area contributed by atoms with Crippen LogP contribution in [0.2, 0.25) is 0 Å². The average molecular weight is 663 g/mol. The van der Waals surface area contributed by atoms with Gasteiger partial charge in [0.15, 0.2) is 12.4 Å². The number of fused-ring (bicyclic) bond motifs is 5. The van der Waals surface area contributed by atoms with Gasteiger partial charge in [-0.2, -0.15) is 11.8 Å². The molecule has 0 heterocycles. The third kappa shape index (κ3) is 6.81. The van der Waals surface area contributed by atoms with Crippen LogP contribution >= 0.6 is 11.8 Å². The fraction of sp³-hybridized carbons (Fsp3) is 0.727. The molecule has 0 unspecified atom stereocenters. The van der Waals surface area contributed by atoms with Crippen molar-refractivity contribution in [1.29, 1.82) is 0 Å². The number of ketones is 3. The van der Waals surface area contributed by atoms with Crippen LogP contribution in [0, 0.1) is 28.6 Å². The second-order valence-electron chi connectivity index (χ2n) is 13.9. The van der Waals surface area contributed by atoms with Crippen LogP contribution < -0.4 is 10.6 Å². The van der Waals surface area contributed by atoms with Gasteiger partial charge in [-0.25, -0.2) is 4.79 Å². The van der Waals surface area contributed by atoms with Crippen molar-refractivity contribution < 1.29 is 48.5 Å². The number of nitrogens with one attached hydrogen (secondary N) is 2. The first-order chi connectivity index (χ1) is 21.6. The van der Waals surface area contributed by atoms with Crippen LogP contribution in [-0.2, 0) is 38.3 Å². The number of thioether (sulfide) groups is 1. The highest BCUT2D eigenvalue weighted by Gasteiger charge is 2.68. The van der Waals surface area contributed by atoms with Crippen LogP contribution in [0.5, 0.6) is 0 Å². The van der Waals surface area contributed by atoms with Gasteiger partial charge in [-0.3, -0.25) is 28.8 Å². The third-order valence-electron chi connectivity index (χ3n) is 11.2. The monoisotopic (exact) mass is 662 g/mol. The lowest BCUT2D eigenvalue weighted by molar-refractivity contribution is -0.173. The van der Waals surface area contributed by atoms with Gasteiger partial charge < -0.3 is 25.6 Å². The number of allylic oxidation sites excluding steroid dienone is 1. The van der Waals surface area contributed by atoms with Crippen LogP contribution in [0.25, 0.3) is 0 Å². The zero-order valence-corrected chi connectivity index (χ0v) is 27.8. The lowest BCUT2D eigenvalue weighted by atomic mass is 9.46. The molecule has 3 fully saturated rings. The van der Waals surface area contributed by atoms with Crippen molar-refractivity contribution in [2.24, 2.45) is 28.6 Å². The number of esters is 1. The van der Waals surface area contributed by atoms with E-state index in [2.05, 4.69) is 17.6 Å². The van der Waals surface area contributed by atoms with Crippen molar-refractivity contribution >= 4 is 52.9 Å². The number of carbonyl (C=O) groups excluding carboxylic acids is 6. The van der Waals surface area contributed by atoms with E-state index in [1.54, 1.807) is 13.0 Å². The van der Waals surface area contributed by atoms with Crippen molar-refractivity contribution in [3.63, 3.8) is 0 Å². The fourth-order valence-corrected chi connectivity index (χ4v) is 9.04. The molecule has 0 saturated heterocycles. The number of hydrogen-bond donors (Lipinski definition) is 4. The van der Waals surface area contributed by atoms with E-state index < -0.39 is 64.7 Å². The number of Topliss-reactive ketones (excluding diaryl/α,β-unsaturated/α-hetero) is 2. The highest BCUT2D eigenvalue weighted by atomic mass is 32.2. The Balaban J connectivity index is 1.29. The van der Waals surface area contributed by atoms with E-state index in [9.17, 15) is 43.8 Å². The Kier molecular flexibility index (Phi) is 10.9. The minimum atomic E-state index is -1.85. The van der Waals surface area contributed by atoms with Gasteiger partial charge in [0.25, 0.3) is 0 Å². The second kappa shape index (κ2) is 14.0. The van der Waals surface area contributed by atoms with Gasteiger partial charge in [-0.15, -0.1) is 0 Å². The average Bonchev–Trinajstić information content (AvgIpc) is 3.27. The summed E-state index contributed by atoms with van der Waals surface area (Å²) in [5.74, 6) is -3.71. The van der Waals surface area contributed by atoms with Crippen molar-refractivity contribution in [2.45, 2.75) is 103 Å². The summed E-state index contributed by atoms with van der Waals surface area (Å²) < 4.78 is 5.16. The van der Waals surface area contributed by atoms with Gasteiger partial charge in [0, 0.05) is 30.6 Å². The van der Waals surface area contributed by atoms with E-state index >= 15 is 0 Å². The molecule has 0 aromatic heterocycles. The molecule has 12 nitrogen and oxygen atoms in total. The topological polar surface area (TPSA) is 193 Å². The van der Waals surface area contributed by atoms with E-state index in [-0.39, 0.29) is 61.4 Å². The third-order valence-corrected chi connectivity index (χ3v) is 11.8. The molecule has 46 heavy (non-hydrogen) atoms. The molecule has 4 N–H and O–H groups in total. The maximum absolute atomic E-state index is 13.8. The number of aliphatic hydroxyl groups is 1. The Morgan fingerprint density at radius 1 is 1.07 bits per heavy atom. The molecule has 0 spiro atoms. The lowest BCUT2D eigenvalue weighted by Gasteiger charge is -2.57. The summed E-state index contributed by atoms with van der Waals surface area (Å²) in [7, 11) is 0. The molecule has 0 radical (unpaired) electrons. The van der Waals surface area contributed by atoms with Crippen LogP contribution in [0.1, 0.15) is 85.0 Å². The summed E-state index contributed by atoms with van der Waals surface area (Å²) in [4.78, 5) is 87.8. The molecule has 13 heteroatoms. The van der Waals surface area contributed by atoms with E-state index in [0.717, 1.165) is 5.57 Å². The molecule has 0 aliphatic heterocycles. The van der Waals surface area contributed by atoms with E-state index in [1.807, 2.05) is 6.26 Å². The number of carboxylic acids is 1. The molecule has 8 atom stereocenters. The summed E-state index contributed by atoms with van der Waals surface area (Å²) in [5.41, 5.74) is -2.21. The summed E-state index contributed by atoms with van der Waals surface area (Å²) >= 11 is 1.44. The highest BCUT2D eigenvalue weighted by Crippen LogP contribution is 2.66. The van der Waals surface area contributed by atoms with Gasteiger partial charge in [-0.1, -0.05) is 19.4 Å². The van der Waals surface area contributed by atoms with E-state index in [0.29, 0.717) is 37.9 Å². The number of carboxylic acid groups (broad SMARTS) is 1. The Morgan fingerprint density at radius 3 is 2.46 bits per heavy atom. The standard InChI is InChI=1S/C33H46N2O10S/c1-18(29(41)35-23(30(42)43)11-14-46-4)34-26(39)7-8-27(40)45-17-25(38)33(44)13-10-22-21-6-5-19-15-20(36)9-12-31(19,2)28(21)24(37)16-32(22,33)3/h15,18,21-23,28,44H,5-14,16-17H2,1-4H3,(H,34,39)(H,35,41)(H,42,43)/t18-,21-,22+,23-,28+,31-,32-,33-/m0/s1. The minimum absolute atomic E-state index is 0.00341. The van der Waals surface area contributed by atoms with Gasteiger partial charge >= 0.3 is 11.9 Å². The first-order valence-corrected chi connectivity index (χ1v) is 17.5. The number of amides is 2. The maximum Gasteiger partial charge on any atom is 0.326 e. The summed E-state index contributed by atoms with van der Waals surface area (Å²) in [5, 5.41) is 25.9. The summed E-state index contributed by atoms with van der Waals surface area (Å²) in [6.07, 6.45) is 6.26. The zero-order valence-electron chi connectivity index (χ0n) is 27.0. The highest BCUT2D eigenvalue weighted by molar-refractivity contribution is 7.98. The van der Waals surface area contributed by atoms with E-state index in [1.165, 1.54) is 18.7 Å². The SMILES string of the molecule is CSCC[C@H](NC(=O)[C@H](C)NC(=O)CCC(=O)OCC(=O)[C@@]1(O)CC[C@@H]2[C@@H]3CCC4=CC(=O)CC[C@]4(C)[C@H]3C(=O)C[C@@]21C)C(=O)O. The molecule has 254 valence electrons. The summed E-state index contributed by atoms with van der Waals surface area (Å²) in [6, 6.07) is -2.13. The Bertz CT molecular complexity index is 1330. The zero-order chi connectivity index (χ0) is 34.0. The number of aliphatic carboxylic acids is 1. The van der Waals surface area contributed by atoms with Gasteiger partial charge in [0.2, 0.25) is 17.6 Å². The lowest BCUT2D eigenvalue weighted by Crippen LogP contribution is -2.61. The quantitative estimate of drug-likeness (QED) is 0.211. The van der Waals surface area contributed by atoms with Crippen molar-refractivity contribution in [2.75, 3.05) is 18.6 Å². The second-order valence-corrected chi connectivity index (χ2v) is 14.8. The van der Waals surface area contributed by atoms with Crippen molar-refractivity contribution in [3.05, 3.63) is 11.6 Å². The molecule has 4 aliphatic rings. The number of ether oxygens (including phenoxy) is 1. The van der Waals surface area contributed by atoms with E-state index in [4.69, 9.17) is 4.74 Å². The van der Waals surface area contributed by atoms with Gasteiger partial charge in [0.05, 0.1) is 6.42 Å². The number of carbonyl (C=O) groups is 7. The van der Waals surface area contributed by atoms with Crippen molar-refractivity contribution in [3.8, 4) is 0 Å². The Morgan fingerprint density at radius 2 is 1.78 bits per heavy atom. The van der Waals surface area contributed by atoms with Crippen LogP contribution in [0.3, 0.4) is 0 Å². The molecule has 3 saturated carbocycles. The van der Waals surface area contributed by atoms with Crippen LogP contribution in [-0.4, -0.2) is 87.6 Å². The normalized spacial score (nSPS) is 33.0. The number of hydrogen-bond acceptors (Lipinski definition) is 10. The molecule has 4 aliphatic carbocycles. The van der Waals surface area contributed by atoms with Crippen LogP contribution in [0.4, 0.5) is 0 Å². The number of rotatable bonds is 13. The fourth-order valence-electron chi connectivity index (χ4n) is 8.57.